The zero-order valence-electron chi connectivity index (χ0n) is 17.7. The lowest BCUT2D eigenvalue weighted by Crippen LogP contribution is -2.45. The number of nitrogens with zero attached hydrogens (tertiary/aromatic N) is 2. The van der Waals surface area contributed by atoms with E-state index in [1.165, 1.54) is 6.42 Å². The highest BCUT2D eigenvalue weighted by atomic mass is 16.5. The van der Waals surface area contributed by atoms with Crippen LogP contribution >= 0.6 is 0 Å². The van der Waals surface area contributed by atoms with Gasteiger partial charge >= 0.3 is 0 Å². The molecule has 2 aliphatic heterocycles. The number of ether oxygens (including phenoxy) is 1. The van der Waals surface area contributed by atoms with E-state index in [0.29, 0.717) is 30.4 Å². The Morgan fingerprint density at radius 3 is 2.70 bits per heavy atom. The fraction of sp³-hybridized carbons (Fsp3) is 0.440. The van der Waals surface area contributed by atoms with Crippen LogP contribution in [0.5, 0.6) is 5.75 Å². The Morgan fingerprint density at radius 1 is 1.07 bits per heavy atom. The molecule has 5 heteroatoms. The van der Waals surface area contributed by atoms with E-state index in [4.69, 9.17) is 4.74 Å². The van der Waals surface area contributed by atoms with E-state index >= 15 is 0 Å². The molecule has 0 radical (unpaired) electrons. The molecule has 0 spiro atoms. The van der Waals surface area contributed by atoms with Gasteiger partial charge in [-0.05, 0) is 49.8 Å². The number of likely N-dealkylation sites (tertiary alicyclic amines) is 1. The van der Waals surface area contributed by atoms with Crippen LogP contribution < -0.4 is 4.74 Å². The van der Waals surface area contributed by atoms with Crippen LogP contribution in [0, 0.1) is 0 Å². The number of carbonyl (C=O) groups is 2. The molecule has 0 bridgehead atoms. The lowest BCUT2D eigenvalue weighted by atomic mass is 9.97. The minimum Gasteiger partial charge on any atom is -0.483 e. The first-order valence-corrected chi connectivity index (χ1v) is 11.0. The van der Waals surface area contributed by atoms with Crippen molar-refractivity contribution in [1.82, 2.24) is 9.80 Å². The first-order valence-electron chi connectivity index (χ1n) is 11.0. The lowest BCUT2D eigenvalue weighted by molar-refractivity contribution is -0.137. The fourth-order valence-corrected chi connectivity index (χ4v) is 4.61. The van der Waals surface area contributed by atoms with E-state index in [9.17, 15) is 9.59 Å². The third-order valence-electron chi connectivity index (χ3n) is 6.27. The van der Waals surface area contributed by atoms with Gasteiger partial charge in [-0.3, -0.25) is 9.59 Å². The molecule has 1 atom stereocenters. The molecule has 1 saturated heterocycles. The van der Waals surface area contributed by atoms with Gasteiger partial charge in [-0.25, -0.2) is 0 Å². The quantitative estimate of drug-likeness (QED) is 0.727. The molecule has 2 aliphatic rings. The Hall–Kier alpha value is -2.82. The summed E-state index contributed by atoms with van der Waals surface area (Å²) in [6.45, 7) is 4.25. The fourth-order valence-electron chi connectivity index (χ4n) is 4.61. The molecule has 0 saturated carbocycles. The summed E-state index contributed by atoms with van der Waals surface area (Å²) in [5.74, 6) is 0.740. The van der Waals surface area contributed by atoms with Gasteiger partial charge in [-0.15, -0.1) is 0 Å². The van der Waals surface area contributed by atoms with Crippen LogP contribution in [0.25, 0.3) is 0 Å². The molecule has 158 valence electrons. The SMILES string of the molecule is CCC1CCCCN1C(=O)COc1cccc2c1CCN(Cc1ccccc1)C2=O. The lowest BCUT2D eigenvalue weighted by Gasteiger charge is -2.35. The summed E-state index contributed by atoms with van der Waals surface area (Å²) in [4.78, 5) is 29.6. The number of piperidine rings is 1. The molecule has 30 heavy (non-hydrogen) atoms. The van der Waals surface area contributed by atoms with E-state index < -0.39 is 0 Å². The van der Waals surface area contributed by atoms with Crippen molar-refractivity contribution in [2.24, 2.45) is 0 Å². The van der Waals surface area contributed by atoms with E-state index in [2.05, 4.69) is 6.92 Å². The molecule has 2 aromatic carbocycles. The number of rotatable bonds is 6. The van der Waals surface area contributed by atoms with Gasteiger partial charge in [0, 0.05) is 36.8 Å². The van der Waals surface area contributed by atoms with E-state index in [1.807, 2.05) is 58.3 Å². The second-order valence-electron chi connectivity index (χ2n) is 8.18. The third-order valence-corrected chi connectivity index (χ3v) is 6.27. The van der Waals surface area contributed by atoms with Crippen molar-refractivity contribution in [2.75, 3.05) is 19.7 Å². The zero-order chi connectivity index (χ0) is 20.9. The van der Waals surface area contributed by atoms with Crippen LogP contribution in [0.15, 0.2) is 48.5 Å². The minimum absolute atomic E-state index is 0.0268. The van der Waals surface area contributed by atoms with Crippen molar-refractivity contribution in [3.63, 3.8) is 0 Å². The van der Waals surface area contributed by atoms with Crippen molar-refractivity contribution >= 4 is 11.8 Å². The topological polar surface area (TPSA) is 49.9 Å². The summed E-state index contributed by atoms with van der Waals surface area (Å²) in [6.07, 6.45) is 5.05. The van der Waals surface area contributed by atoms with Crippen LogP contribution in [-0.2, 0) is 17.8 Å². The second-order valence-corrected chi connectivity index (χ2v) is 8.18. The molecule has 5 nitrogen and oxygen atoms in total. The number of benzene rings is 2. The number of fused-ring (bicyclic) bond motifs is 1. The molecule has 1 unspecified atom stereocenters. The summed E-state index contributed by atoms with van der Waals surface area (Å²) in [6, 6.07) is 16.0. The van der Waals surface area contributed by atoms with E-state index in [0.717, 1.165) is 43.4 Å². The van der Waals surface area contributed by atoms with Gasteiger partial charge in [0.1, 0.15) is 5.75 Å². The molecule has 2 heterocycles. The van der Waals surface area contributed by atoms with Gasteiger partial charge < -0.3 is 14.5 Å². The van der Waals surface area contributed by atoms with Gasteiger partial charge in [0.05, 0.1) is 0 Å². The molecule has 2 amide bonds. The van der Waals surface area contributed by atoms with Gasteiger partial charge in [0.25, 0.3) is 11.8 Å². The summed E-state index contributed by atoms with van der Waals surface area (Å²) in [5, 5.41) is 0. The molecule has 0 aromatic heterocycles. The smallest absolute Gasteiger partial charge is 0.260 e. The van der Waals surface area contributed by atoms with Crippen LogP contribution in [-0.4, -0.2) is 47.4 Å². The minimum atomic E-state index is 0.0268. The molecule has 0 N–H and O–H groups in total. The van der Waals surface area contributed by atoms with Crippen LogP contribution in [0.1, 0.15) is 54.1 Å². The maximum atomic E-state index is 13.0. The number of amides is 2. The van der Waals surface area contributed by atoms with Crippen LogP contribution in [0.2, 0.25) is 0 Å². The predicted molar refractivity (Wildman–Crippen MR) is 116 cm³/mol. The Bertz CT molecular complexity index is 897. The average Bonchev–Trinajstić information content (AvgIpc) is 2.80. The summed E-state index contributed by atoms with van der Waals surface area (Å²) >= 11 is 0. The zero-order valence-corrected chi connectivity index (χ0v) is 17.7. The predicted octanol–water partition coefficient (Wildman–Crippen LogP) is 4.06. The monoisotopic (exact) mass is 406 g/mol. The van der Waals surface area contributed by atoms with Gasteiger partial charge in [-0.2, -0.15) is 0 Å². The maximum absolute atomic E-state index is 13.0. The Labute approximate surface area is 178 Å². The van der Waals surface area contributed by atoms with E-state index in [1.54, 1.807) is 0 Å². The van der Waals surface area contributed by atoms with Crippen LogP contribution in [0.4, 0.5) is 0 Å². The molecular weight excluding hydrogens is 376 g/mol. The Balaban J connectivity index is 1.43. The number of hydrogen-bond acceptors (Lipinski definition) is 3. The number of hydrogen-bond donors (Lipinski definition) is 0. The summed E-state index contributed by atoms with van der Waals surface area (Å²) < 4.78 is 5.95. The van der Waals surface area contributed by atoms with E-state index in [-0.39, 0.29) is 18.4 Å². The van der Waals surface area contributed by atoms with Gasteiger partial charge in [-0.1, -0.05) is 43.3 Å². The van der Waals surface area contributed by atoms with Crippen molar-refractivity contribution in [3.8, 4) is 5.75 Å². The van der Waals surface area contributed by atoms with Gasteiger partial charge in [0.2, 0.25) is 0 Å². The molecule has 1 fully saturated rings. The van der Waals surface area contributed by atoms with Crippen molar-refractivity contribution in [3.05, 3.63) is 65.2 Å². The second kappa shape index (κ2) is 9.33. The molecule has 2 aromatic rings. The first kappa shape index (κ1) is 20.5. The van der Waals surface area contributed by atoms with Crippen molar-refractivity contribution < 1.29 is 14.3 Å². The normalized spacial score (nSPS) is 18.8. The molecular formula is C25H30N2O3. The summed E-state index contributed by atoms with van der Waals surface area (Å²) in [5.41, 5.74) is 2.73. The highest BCUT2D eigenvalue weighted by molar-refractivity contribution is 5.97. The maximum Gasteiger partial charge on any atom is 0.260 e. The standard InChI is InChI=1S/C25H30N2O3/c1-2-20-11-6-7-15-27(20)24(28)18-30-23-13-8-12-22-21(23)14-16-26(25(22)29)17-19-9-4-3-5-10-19/h3-5,8-10,12-13,20H,2,6-7,11,14-18H2,1H3. The first-order chi connectivity index (χ1) is 14.7. The Kier molecular flexibility index (Phi) is 6.36. The van der Waals surface area contributed by atoms with Gasteiger partial charge in [0.15, 0.2) is 6.61 Å². The highest BCUT2D eigenvalue weighted by Gasteiger charge is 2.28. The van der Waals surface area contributed by atoms with Crippen LogP contribution in [0.3, 0.4) is 0 Å². The molecule has 0 aliphatic carbocycles. The Morgan fingerprint density at radius 2 is 1.90 bits per heavy atom. The van der Waals surface area contributed by atoms with Crippen molar-refractivity contribution in [1.29, 1.82) is 0 Å². The van der Waals surface area contributed by atoms with Crippen molar-refractivity contribution in [2.45, 2.75) is 51.6 Å². The average molecular weight is 407 g/mol. The third kappa shape index (κ3) is 4.35. The highest BCUT2D eigenvalue weighted by Crippen LogP contribution is 2.29. The summed E-state index contributed by atoms with van der Waals surface area (Å²) in [7, 11) is 0. The number of carbonyl (C=O) groups excluding carboxylic acids is 2. The molecule has 4 rings (SSSR count). The largest absolute Gasteiger partial charge is 0.483 e.